The molecular formula is C8H10N4O. The lowest BCUT2D eigenvalue weighted by atomic mass is 10.3. The summed E-state index contributed by atoms with van der Waals surface area (Å²) in [5, 5.41) is 3.14. The van der Waals surface area contributed by atoms with Gasteiger partial charge in [-0.05, 0) is 12.1 Å². The van der Waals surface area contributed by atoms with Crippen LogP contribution in [-0.2, 0) is 0 Å². The number of nitrogens with one attached hydrogen (secondary N) is 1. The van der Waals surface area contributed by atoms with Crippen molar-refractivity contribution in [2.45, 2.75) is 0 Å². The van der Waals surface area contributed by atoms with E-state index in [4.69, 9.17) is 5.73 Å². The first-order valence-corrected chi connectivity index (χ1v) is 4.05. The molecule has 13 heavy (non-hydrogen) atoms. The van der Waals surface area contributed by atoms with Gasteiger partial charge in [-0.3, -0.25) is 4.90 Å². The predicted molar refractivity (Wildman–Crippen MR) is 49.7 cm³/mol. The molecule has 1 aliphatic heterocycles. The van der Waals surface area contributed by atoms with Crippen LogP contribution in [0.5, 0.6) is 0 Å². The van der Waals surface area contributed by atoms with Crippen LogP contribution >= 0.6 is 0 Å². The zero-order valence-electron chi connectivity index (χ0n) is 7.03. The Morgan fingerprint density at radius 1 is 1.69 bits per heavy atom. The number of amides is 2. The maximum Gasteiger partial charge on any atom is 0.320 e. The van der Waals surface area contributed by atoms with Gasteiger partial charge in [-0.15, -0.1) is 0 Å². The molecule has 1 aliphatic rings. The van der Waals surface area contributed by atoms with E-state index in [2.05, 4.69) is 10.3 Å². The molecule has 1 aromatic heterocycles. The summed E-state index contributed by atoms with van der Waals surface area (Å²) in [4.78, 5) is 16.5. The van der Waals surface area contributed by atoms with Crippen LogP contribution in [0.15, 0.2) is 18.3 Å². The molecule has 0 aromatic carbocycles. The van der Waals surface area contributed by atoms with Crippen LogP contribution in [-0.4, -0.2) is 24.1 Å². The lowest BCUT2D eigenvalue weighted by Gasteiger charge is -2.27. The molecule has 0 bridgehead atoms. The fraction of sp³-hybridized carbons (Fsp3) is 0.250. The van der Waals surface area contributed by atoms with E-state index in [1.54, 1.807) is 6.20 Å². The van der Waals surface area contributed by atoms with Gasteiger partial charge in [-0.2, -0.15) is 0 Å². The van der Waals surface area contributed by atoms with Crippen molar-refractivity contribution >= 4 is 17.5 Å². The lowest BCUT2D eigenvalue weighted by Crippen LogP contribution is -2.42. The summed E-state index contributed by atoms with van der Waals surface area (Å²) in [6.45, 7) is 1.28. The molecule has 2 heterocycles. The van der Waals surface area contributed by atoms with E-state index in [0.29, 0.717) is 18.9 Å². The van der Waals surface area contributed by atoms with Gasteiger partial charge in [0.05, 0.1) is 5.69 Å². The first-order valence-electron chi connectivity index (χ1n) is 4.05. The summed E-state index contributed by atoms with van der Waals surface area (Å²) in [5.74, 6) is 0.612. The molecule has 0 radical (unpaired) electrons. The minimum absolute atomic E-state index is 0.457. The molecule has 5 nitrogen and oxygen atoms in total. The largest absolute Gasteiger partial charge is 0.380 e. The van der Waals surface area contributed by atoms with Crippen molar-refractivity contribution in [2.75, 3.05) is 23.3 Å². The average Bonchev–Trinajstić information content (AvgIpc) is 2.17. The quantitative estimate of drug-likeness (QED) is 0.603. The Bertz CT molecular complexity index is 339. The zero-order chi connectivity index (χ0) is 9.26. The fourth-order valence-electron chi connectivity index (χ4n) is 1.37. The van der Waals surface area contributed by atoms with Gasteiger partial charge in [0.15, 0.2) is 5.82 Å². The van der Waals surface area contributed by atoms with E-state index in [1.807, 2.05) is 12.1 Å². The zero-order valence-corrected chi connectivity index (χ0v) is 7.03. The normalized spacial score (nSPS) is 14.6. The molecule has 0 unspecified atom stereocenters. The van der Waals surface area contributed by atoms with Crippen LogP contribution in [0.4, 0.5) is 16.3 Å². The molecule has 0 saturated carbocycles. The molecule has 2 amide bonds. The second kappa shape index (κ2) is 2.93. The smallest absolute Gasteiger partial charge is 0.320 e. The van der Waals surface area contributed by atoms with Gasteiger partial charge in [0.25, 0.3) is 0 Å². The Hall–Kier alpha value is -1.78. The van der Waals surface area contributed by atoms with Gasteiger partial charge in [0.2, 0.25) is 0 Å². The Kier molecular flexibility index (Phi) is 1.77. The van der Waals surface area contributed by atoms with Crippen molar-refractivity contribution in [3.05, 3.63) is 18.3 Å². The maximum absolute atomic E-state index is 11.0. The van der Waals surface area contributed by atoms with E-state index >= 15 is 0 Å². The number of primary amides is 1. The highest BCUT2D eigenvalue weighted by Crippen LogP contribution is 2.24. The number of hydrogen-bond donors (Lipinski definition) is 2. The predicted octanol–water partition coefficient (Wildman–Crippen LogP) is 0.392. The van der Waals surface area contributed by atoms with Crippen molar-refractivity contribution in [3.8, 4) is 0 Å². The summed E-state index contributed by atoms with van der Waals surface area (Å²) in [6, 6.07) is 3.23. The first-order chi connectivity index (χ1) is 6.29. The Labute approximate surface area is 75.6 Å². The van der Waals surface area contributed by atoms with Crippen LogP contribution < -0.4 is 16.0 Å². The summed E-state index contributed by atoms with van der Waals surface area (Å²) >= 11 is 0. The number of hydrogen-bond acceptors (Lipinski definition) is 3. The molecule has 3 N–H and O–H groups in total. The van der Waals surface area contributed by atoms with Crippen molar-refractivity contribution < 1.29 is 4.79 Å². The molecule has 1 aromatic rings. The summed E-state index contributed by atoms with van der Waals surface area (Å²) in [7, 11) is 0. The molecular weight excluding hydrogens is 168 g/mol. The van der Waals surface area contributed by atoms with Gasteiger partial charge >= 0.3 is 6.03 Å². The molecule has 0 saturated heterocycles. The van der Waals surface area contributed by atoms with Crippen LogP contribution in [0, 0.1) is 0 Å². The molecule has 0 spiro atoms. The van der Waals surface area contributed by atoms with E-state index in [-0.39, 0.29) is 0 Å². The third kappa shape index (κ3) is 1.28. The lowest BCUT2D eigenvalue weighted by molar-refractivity contribution is 0.254. The molecule has 0 atom stereocenters. The number of nitrogens with zero attached hydrogens (tertiary/aromatic N) is 2. The second-order valence-electron chi connectivity index (χ2n) is 2.79. The third-order valence-electron chi connectivity index (χ3n) is 1.96. The number of carbonyl (C=O) groups is 1. The molecule has 0 aliphatic carbocycles. The molecule has 68 valence electrons. The maximum atomic E-state index is 11.0. The molecule has 0 fully saturated rings. The Morgan fingerprint density at radius 3 is 3.31 bits per heavy atom. The minimum atomic E-state index is -0.457. The summed E-state index contributed by atoms with van der Waals surface area (Å²) in [5.41, 5.74) is 6.06. The van der Waals surface area contributed by atoms with Gasteiger partial charge in [-0.25, -0.2) is 9.78 Å². The van der Waals surface area contributed by atoms with Crippen molar-refractivity contribution in [1.82, 2.24) is 4.98 Å². The standard InChI is InChI=1S/C8H10N4O/c9-8(13)12-5-4-10-6-2-1-3-11-7(6)12/h1-3,10H,4-5H2,(H2,9,13). The highest BCUT2D eigenvalue weighted by Gasteiger charge is 2.20. The SMILES string of the molecule is NC(=O)N1CCNc2cccnc21. The number of fused-ring (bicyclic) bond motifs is 1. The van der Waals surface area contributed by atoms with Gasteiger partial charge < -0.3 is 11.1 Å². The van der Waals surface area contributed by atoms with E-state index < -0.39 is 6.03 Å². The number of pyridine rings is 1. The van der Waals surface area contributed by atoms with E-state index in [1.165, 1.54) is 4.90 Å². The molecule has 2 rings (SSSR count). The van der Waals surface area contributed by atoms with Crippen LogP contribution in [0.3, 0.4) is 0 Å². The Morgan fingerprint density at radius 2 is 2.54 bits per heavy atom. The third-order valence-corrected chi connectivity index (χ3v) is 1.96. The highest BCUT2D eigenvalue weighted by atomic mass is 16.2. The van der Waals surface area contributed by atoms with Crippen molar-refractivity contribution in [2.24, 2.45) is 5.73 Å². The average molecular weight is 178 g/mol. The van der Waals surface area contributed by atoms with Crippen molar-refractivity contribution in [3.63, 3.8) is 0 Å². The second-order valence-corrected chi connectivity index (χ2v) is 2.79. The summed E-state index contributed by atoms with van der Waals surface area (Å²) < 4.78 is 0. The number of aromatic nitrogens is 1. The fourth-order valence-corrected chi connectivity index (χ4v) is 1.37. The number of rotatable bonds is 0. The van der Waals surface area contributed by atoms with Gasteiger partial charge in [0, 0.05) is 19.3 Å². The van der Waals surface area contributed by atoms with Crippen LogP contribution in [0.25, 0.3) is 0 Å². The monoisotopic (exact) mass is 178 g/mol. The number of nitrogens with two attached hydrogens (primary N) is 1. The van der Waals surface area contributed by atoms with Crippen LogP contribution in [0.2, 0.25) is 0 Å². The van der Waals surface area contributed by atoms with Gasteiger partial charge in [0.1, 0.15) is 0 Å². The molecule has 5 heteroatoms. The minimum Gasteiger partial charge on any atom is -0.380 e. The number of urea groups is 1. The van der Waals surface area contributed by atoms with E-state index in [9.17, 15) is 4.79 Å². The number of carbonyl (C=O) groups excluding carboxylic acids is 1. The van der Waals surface area contributed by atoms with Crippen LogP contribution in [0.1, 0.15) is 0 Å². The first kappa shape index (κ1) is 7.85. The number of anilines is 2. The van der Waals surface area contributed by atoms with Gasteiger partial charge in [-0.1, -0.05) is 0 Å². The van der Waals surface area contributed by atoms with Crippen molar-refractivity contribution in [1.29, 1.82) is 0 Å². The highest BCUT2D eigenvalue weighted by molar-refractivity contribution is 5.93. The Balaban J connectivity index is 2.42. The summed E-state index contributed by atoms with van der Waals surface area (Å²) in [6.07, 6.45) is 1.64. The van der Waals surface area contributed by atoms with E-state index in [0.717, 1.165) is 5.69 Å². The topological polar surface area (TPSA) is 71.2 Å².